The molecule has 5 aromatic rings. The summed E-state index contributed by atoms with van der Waals surface area (Å²) in [6.45, 7) is -0.0912. The lowest BCUT2D eigenvalue weighted by molar-refractivity contribution is 0.281. The van der Waals surface area contributed by atoms with Crippen molar-refractivity contribution in [3.8, 4) is 23.0 Å². The Morgan fingerprint density at radius 3 is 2.82 bits per heavy atom. The van der Waals surface area contributed by atoms with Gasteiger partial charge in [-0.3, -0.25) is 4.79 Å². The van der Waals surface area contributed by atoms with E-state index in [9.17, 15) is 9.90 Å². The largest absolute Gasteiger partial charge is 0.392 e. The minimum Gasteiger partial charge on any atom is -0.392 e. The number of fused-ring (bicyclic) bond motifs is 1. The third kappa shape index (κ3) is 4.58. The summed E-state index contributed by atoms with van der Waals surface area (Å²) in [7, 11) is 0. The molecule has 1 fully saturated rings. The molecule has 11 heteroatoms. The predicted octanol–water partition coefficient (Wildman–Crippen LogP) is 3.75. The van der Waals surface area contributed by atoms with Gasteiger partial charge in [-0.25, -0.2) is 9.37 Å². The number of benzene rings is 2. The van der Waals surface area contributed by atoms with E-state index in [1.165, 1.54) is 12.3 Å². The van der Waals surface area contributed by atoms with Crippen LogP contribution < -0.4 is 16.6 Å². The normalized spacial score (nSPS) is 12.9. The van der Waals surface area contributed by atoms with Crippen molar-refractivity contribution >= 4 is 22.5 Å². The molecule has 10 nitrogen and oxygen atoms in total. The van der Waals surface area contributed by atoms with Crippen LogP contribution in [0.3, 0.4) is 0 Å². The number of aromatic amines is 1. The second-order valence-electron chi connectivity index (χ2n) is 9.45. The number of hydrogen-bond acceptors (Lipinski definition) is 8. The number of aliphatic hydroxyl groups is 1. The van der Waals surface area contributed by atoms with Gasteiger partial charge in [0.15, 0.2) is 0 Å². The number of anilines is 2. The number of nitrogen functional groups attached to an aromatic ring is 1. The third-order valence-electron chi connectivity index (χ3n) is 6.78. The number of aromatic nitrogens is 5. The Morgan fingerprint density at radius 1 is 1.23 bits per heavy atom. The van der Waals surface area contributed by atoms with Gasteiger partial charge in [-0.05, 0) is 54.2 Å². The molecule has 39 heavy (non-hydrogen) atoms. The second-order valence-corrected chi connectivity index (χ2v) is 9.45. The first-order chi connectivity index (χ1) is 18.9. The molecule has 0 aliphatic heterocycles. The van der Waals surface area contributed by atoms with Gasteiger partial charge in [-0.1, -0.05) is 12.1 Å². The van der Waals surface area contributed by atoms with Crippen LogP contribution in [0.5, 0.6) is 0 Å². The van der Waals surface area contributed by atoms with E-state index in [1.807, 2.05) is 12.1 Å². The summed E-state index contributed by atoms with van der Waals surface area (Å²) in [6.07, 6.45) is 5.21. The van der Waals surface area contributed by atoms with Crippen molar-refractivity contribution in [2.45, 2.75) is 31.9 Å². The van der Waals surface area contributed by atoms with Crippen molar-refractivity contribution in [3.05, 3.63) is 93.4 Å². The lowest BCUT2D eigenvalue weighted by Crippen LogP contribution is -2.23. The van der Waals surface area contributed by atoms with Crippen LogP contribution in [0.15, 0.2) is 59.7 Å². The van der Waals surface area contributed by atoms with Crippen LogP contribution in [-0.2, 0) is 13.2 Å². The maximum Gasteiger partial charge on any atom is 0.282 e. The molecule has 0 amide bonds. The quantitative estimate of drug-likeness (QED) is 0.252. The summed E-state index contributed by atoms with van der Waals surface area (Å²) < 4.78 is 16.2. The van der Waals surface area contributed by atoms with Crippen molar-refractivity contribution in [1.82, 2.24) is 24.7 Å². The summed E-state index contributed by atoms with van der Waals surface area (Å²) >= 11 is 0. The molecule has 1 saturated carbocycles. The number of nitrogens with two attached hydrogens (primary N) is 1. The fourth-order valence-corrected chi connectivity index (χ4v) is 4.73. The van der Waals surface area contributed by atoms with Crippen LogP contribution in [0.25, 0.3) is 27.7 Å². The SMILES string of the molecule is N#Cc1cc(CNc2nc(N)cc(-c3cccc(-n4ncc5cc(C6CC6)cc(F)c5c4=O)c3CO)n2)c[nH]1. The van der Waals surface area contributed by atoms with Crippen LogP contribution in [0.4, 0.5) is 16.2 Å². The highest BCUT2D eigenvalue weighted by molar-refractivity contribution is 5.83. The average Bonchev–Trinajstić information content (AvgIpc) is 3.69. The van der Waals surface area contributed by atoms with E-state index in [1.54, 1.807) is 36.5 Å². The highest BCUT2D eigenvalue weighted by Crippen LogP contribution is 2.41. The molecule has 5 N–H and O–H groups in total. The topological polar surface area (TPSA) is 159 Å². The van der Waals surface area contributed by atoms with E-state index in [0.29, 0.717) is 46.1 Å². The van der Waals surface area contributed by atoms with Crippen LogP contribution in [-0.4, -0.2) is 29.8 Å². The Labute approximate surface area is 221 Å². The minimum atomic E-state index is -0.619. The van der Waals surface area contributed by atoms with Crippen molar-refractivity contribution in [2.75, 3.05) is 11.1 Å². The summed E-state index contributed by atoms with van der Waals surface area (Å²) in [5.74, 6) is 0.189. The maximum absolute atomic E-state index is 15.1. The summed E-state index contributed by atoms with van der Waals surface area (Å²) in [5.41, 5.74) is 9.19. The highest BCUT2D eigenvalue weighted by atomic mass is 19.1. The summed E-state index contributed by atoms with van der Waals surface area (Å²) in [6, 6.07) is 13.6. The van der Waals surface area contributed by atoms with Gasteiger partial charge in [-0.15, -0.1) is 0 Å². The number of hydrogen-bond donors (Lipinski definition) is 4. The molecule has 3 aromatic heterocycles. The number of nitrogens with one attached hydrogen (secondary N) is 2. The minimum absolute atomic E-state index is 0.0502. The number of halogens is 1. The Bertz CT molecular complexity index is 1830. The van der Waals surface area contributed by atoms with E-state index in [-0.39, 0.29) is 17.2 Å². The molecular formula is C28H23FN8O2. The van der Waals surface area contributed by atoms with Gasteiger partial charge >= 0.3 is 0 Å². The first kappa shape index (κ1) is 24.3. The fourth-order valence-electron chi connectivity index (χ4n) is 4.73. The van der Waals surface area contributed by atoms with E-state index >= 15 is 4.39 Å². The Morgan fingerprint density at radius 2 is 2.08 bits per heavy atom. The zero-order valence-corrected chi connectivity index (χ0v) is 20.6. The molecule has 6 rings (SSSR count). The Kier molecular flexibility index (Phi) is 6.01. The molecule has 0 radical (unpaired) electrons. The van der Waals surface area contributed by atoms with E-state index < -0.39 is 18.0 Å². The summed E-state index contributed by atoms with van der Waals surface area (Å²) in [5, 5.41) is 27.2. The van der Waals surface area contributed by atoms with Gasteiger partial charge in [-0.2, -0.15) is 20.0 Å². The van der Waals surface area contributed by atoms with Gasteiger partial charge < -0.3 is 21.1 Å². The predicted molar refractivity (Wildman–Crippen MR) is 143 cm³/mol. The number of rotatable bonds is 7. The monoisotopic (exact) mass is 522 g/mol. The van der Waals surface area contributed by atoms with E-state index in [2.05, 4.69) is 25.4 Å². The first-order valence-electron chi connectivity index (χ1n) is 12.4. The molecule has 1 aliphatic rings. The van der Waals surface area contributed by atoms with Gasteiger partial charge in [0.2, 0.25) is 5.95 Å². The number of nitrogens with zero attached hydrogens (tertiary/aromatic N) is 5. The second kappa shape index (κ2) is 9.66. The van der Waals surface area contributed by atoms with E-state index in [0.717, 1.165) is 28.7 Å². The third-order valence-corrected chi connectivity index (χ3v) is 6.78. The summed E-state index contributed by atoms with van der Waals surface area (Å²) in [4.78, 5) is 25.0. The van der Waals surface area contributed by atoms with Crippen molar-refractivity contribution in [2.24, 2.45) is 0 Å². The standard InChI is InChI=1S/C28H23FN8O2/c29-22-8-17(16-4-5-16)7-18-13-34-37(27(39)26(18)22)24-3-1-2-20(21(24)14-38)23-9-25(31)36-28(35-23)33-12-15-6-19(10-30)32-11-15/h1-3,6-9,11,13,16,32,38H,4-5,12,14H2,(H3,31,33,35,36). The van der Waals surface area contributed by atoms with Crippen molar-refractivity contribution in [1.29, 1.82) is 5.26 Å². The molecule has 194 valence electrons. The molecule has 3 heterocycles. The first-order valence-corrected chi connectivity index (χ1v) is 12.4. The molecule has 1 aliphatic carbocycles. The Hall–Kier alpha value is -5.08. The number of H-pyrrole nitrogens is 1. The highest BCUT2D eigenvalue weighted by Gasteiger charge is 2.25. The van der Waals surface area contributed by atoms with Crippen LogP contribution in [0, 0.1) is 17.1 Å². The van der Waals surface area contributed by atoms with Gasteiger partial charge in [0, 0.05) is 35.3 Å². The molecule has 0 bridgehead atoms. The molecule has 2 aromatic carbocycles. The maximum atomic E-state index is 15.1. The van der Waals surface area contributed by atoms with Crippen LogP contribution >= 0.6 is 0 Å². The lowest BCUT2D eigenvalue weighted by atomic mass is 10.0. The molecular weight excluding hydrogens is 499 g/mol. The van der Waals surface area contributed by atoms with Crippen molar-refractivity contribution < 1.29 is 9.50 Å². The van der Waals surface area contributed by atoms with Crippen molar-refractivity contribution in [3.63, 3.8) is 0 Å². The zero-order chi connectivity index (χ0) is 27.1. The van der Waals surface area contributed by atoms with E-state index in [4.69, 9.17) is 11.0 Å². The molecule has 0 unspecified atom stereocenters. The smallest absolute Gasteiger partial charge is 0.282 e. The van der Waals surface area contributed by atoms with Crippen LogP contribution in [0.2, 0.25) is 0 Å². The van der Waals surface area contributed by atoms with Gasteiger partial charge in [0.05, 0.1) is 29.6 Å². The molecule has 0 spiro atoms. The fraction of sp³-hybridized carbons (Fsp3) is 0.179. The van der Waals surface area contributed by atoms with Gasteiger partial charge in [0.25, 0.3) is 5.56 Å². The molecule has 0 atom stereocenters. The van der Waals surface area contributed by atoms with Crippen LogP contribution in [0.1, 0.15) is 41.1 Å². The van der Waals surface area contributed by atoms with Gasteiger partial charge in [0.1, 0.15) is 23.4 Å². The zero-order valence-electron chi connectivity index (χ0n) is 20.6. The number of nitriles is 1. The lowest BCUT2D eigenvalue weighted by Gasteiger charge is -2.15. The average molecular weight is 523 g/mol. The molecule has 0 saturated heterocycles. The number of aliphatic hydroxyl groups excluding tert-OH is 1. The Balaban J connectivity index is 1.39.